The molecule has 2 N–H and O–H groups in total. The molecule has 0 aliphatic heterocycles. The molecule has 4 heteroatoms. The summed E-state index contributed by atoms with van der Waals surface area (Å²) in [6, 6.07) is 0. The van der Waals surface area contributed by atoms with Crippen LogP contribution in [0.3, 0.4) is 0 Å². The van der Waals surface area contributed by atoms with Crippen LogP contribution in [0, 0.1) is 5.41 Å². The normalized spacial score (nSPS) is 8.43. The Morgan fingerprint density at radius 2 is 2.29 bits per heavy atom. The van der Waals surface area contributed by atoms with Crippen LogP contribution in [-0.4, -0.2) is 17.9 Å². The molecule has 0 amide bonds. The van der Waals surface area contributed by atoms with E-state index >= 15 is 0 Å². The number of halogens is 1. The molecule has 0 aliphatic rings. The Balaban J connectivity index is 3.34. The van der Waals surface area contributed by atoms with Crippen LogP contribution in [0.5, 0.6) is 0 Å². The molecule has 0 aliphatic carbocycles. The van der Waals surface area contributed by atoms with Crippen molar-refractivity contribution in [2.24, 2.45) is 0 Å². The van der Waals surface area contributed by atoms with Gasteiger partial charge in [0.05, 0.1) is 0 Å². The first-order valence-corrected chi connectivity index (χ1v) is 2.21. The number of nitrogens with one attached hydrogen (secondary N) is 2. The predicted molar refractivity (Wildman–Crippen MR) is 30.2 cm³/mol. The quantitative estimate of drug-likeness (QED) is 0.231. The standard InChI is InChI=1S/C3H8ClN3/c1-3(5)7(2)6-4/h5-6H,1-2H3. The molecule has 0 aromatic rings. The second-order valence-electron chi connectivity index (χ2n) is 1.23. The van der Waals surface area contributed by atoms with Crippen LogP contribution in [-0.2, 0) is 0 Å². The van der Waals surface area contributed by atoms with Gasteiger partial charge >= 0.3 is 0 Å². The Kier molecular flexibility index (Phi) is 2.71. The van der Waals surface area contributed by atoms with Gasteiger partial charge in [-0.3, -0.25) is 10.4 Å². The summed E-state index contributed by atoms with van der Waals surface area (Å²) >= 11 is 5.08. The van der Waals surface area contributed by atoms with Gasteiger partial charge in [-0.2, -0.15) is 0 Å². The molecule has 0 aromatic heterocycles. The van der Waals surface area contributed by atoms with Gasteiger partial charge in [0.25, 0.3) is 0 Å². The van der Waals surface area contributed by atoms with Gasteiger partial charge in [-0.05, 0) is 18.7 Å². The maximum Gasteiger partial charge on any atom is 0.108 e. The molecule has 0 rings (SSSR count). The van der Waals surface area contributed by atoms with Crippen LogP contribution in [0.25, 0.3) is 0 Å². The summed E-state index contributed by atoms with van der Waals surface area (Å²) in [7, 11) is 1.66. The highest BCUT2D eigenvalue weighted by molar-refractivity contribution is 6.13. The average Bonchev–Trinajstić information content (AvgIpc) is 1.65. The Labute approximate surface area is 47.8 Å². The van der Waals surface area contributed by atoms with Crippen LogP contribution in [0.2, 0.25) is 0 Å². The SMILES string of the molecule is CC(=N)N(C)NCl. The fourth-order valence-corrected chi connectivity index (χ4v) is 0.190. The highest BCUT2D eigenvalue weighted by Crippen LogP contribution is 1.76. The summed E-state index contributed by atoms with van der Waals surface area (Å²) in [4.78, 5) is 2.25. The van der Waals surface area contributed by atoms with Crippen molar-refractivity contribution < 1.29 is 0 Å². The zero-order chi connectivity index (χ0) is 5.86. The van der Waals surface area contributed by atoms with E-state index in [4.69, 9.17) is 17.2 Å². The third-order valence-corrected chi connectivity index (χ3v) is 0.883. The Bertz CT molecular complexity index is 72.6. The number of rotatable bonds is 1. The topological polar surface area (TPSA) is 39.1 Å². The minimum absolute atomic E-state index is 0.384. The molecule has 0 bridgehead atoms. The molecule has 0 saturated heterocycles. The van der Waals surface area contributed by atoms with Crippen molar-refractivity contribution >= 4 is 17.6 Å². The van der Waals surface area contributed by atoms with Crippen molar-refractivity contribution in [3.05, 3.63) is 0 Å². The summed E-state index contributed by atoms with van der Waals surface area (Å²) in [5, 5.41) is 8.27. The van der Waals surface area contributed by atoms with Crippen LogP contribution in [0.15, 0.2) is 0 Å². The van der Waals surface area contributed by atoms with E-state index in [2.05, 4.69) is 4.94 Å². The first-order valence-electron chi connectivity index (χ1n) is 1.83. The van der Waals surface area contributed by atoms with Crippen LogP contribution < -0.4 is 4.94 Å². The molecule has 0 atom stereocenters. The second-order valence-corrected chi connectivity index (χ2v) is 1.40. The van der Waals surface area contributed by atoms with Crippen LogP contribution >= 0.6 is 11.8 Å². The zero-order valence-electron chi connectivity index (χ0n) is 4.33. The van der Waals surface area contributed by atoms with Gasteiger partial charge in [-0.15, -0.1) is 4.94 Å². The average molecular weight is 122 g/mol. The van der Waals surface area contributed by atoms with E-state index < -0.39 is 0 Å². The highest BCUT2D eigenvalue weighted by atomic mass is 35.5. The minimum atomic E-state index is 0.384. The maximum atomic E-state index is 6.88. The van der Waals surface area contributed by atoms with E-state index in [1.54, 1.807) is 14.0 Å². The first-order chi connectivity index (χ1) is 3.18. The lowest BCUT2D eigenvalue weighted by molar-refractivity contribution is 0.470. The molecule has 0 spiro atoms. The van der Waals surface area contributed by atoms with Crippen molar-refractivity contribution in [1.29, 1.82) is 5.41 Å². The molecule has 3 nitrogen and oxygen atoms in total. The molecular weight excluding hydrogens is 114 g/mol. The van der Waals surface area contributed by atoms with E-state index in [0.717, 1.165) is 0 Å². The van der Waals surface area contributed by atoms with Gasteiger partial charge in [-0.1, -0.05) is 0 Å². The van der Waals surface area contributed by atoms with Crippen molar-refractivity contribution in [1.82, 2.24) is 9.95 Å². The summed E-state index contributed by atoms with van der Waals surface area (Å²) in [5.41, 5.74) is 0. The minimum Gasteiger partial charge on any atom is -0.288 e. The van der Waals surface area contributed by atoms with Gasteiger partial charge in [0, 0.05) is 7.05 Å². The molecule has 0 radical (unpaired) electrons. The lowest BCUT2D eigenvalue weighted by Crippen LogP contribution is -2.30. The Hall–Kier alpha value is -0.280. The maximum absolute atomic E-state index is 6.88. The summed E-state index contributed by atoms with van der Waals surface area (Å²) in [6.45, 7) is 1.63. The lowest BCUT2D eigenvalue weighted by Gasteiger charge is -2.11. The van der Waals surface area contributed by atoms with Gasteiger partial charge in [0.1, 0.15) is 5.84 Å². The van der Waals surface area contributed by atoms with Crippen molar-refractivity contribution in [3.63, 3.8) is 0 Å². The second kappa shape index (κ2) is 2.82. The highest BCUT2D eigenvalue weighted by Gasteiger charge is 1.89. The molecule has 0 saturated carbocycles. The number of amidine groups is 1. The van der Waals surface area contributed by atoms with Crippen LogP contribution in [0.1, 0.15) is 6.92 Å². The molecule has 0 aromatic carbocycles. The molecule has 0 heterocycles. The molecule has 42 valence electrons. The largest absolute Gasteiger partial charge is 0.288 e. The summed E-state index contributed by atoms with van der Waals surface area (Å²) in [6.07, 6.45) is 0. The van der Waals surface area contributed by atoms with Crippen LogP contribution in [0.4, 0.5) is 0 Å². The molecular formula is C3H8ClN3. The van der Waals surface area contributed by atoms with Gasteiger partial charge in [-0.25, -0.2) is 0 Å². The summed E-state index contributed by atoms with van der Waals surface area (Å²) < 4.78 is 0. The lowest BCUT2D eigenvalue weighted by atomic mass is 10.7. The van der Waals surface area contributed by atoms with E-state index in [1.165, 1.54) is 5.01 Å². The van der Waals surface area contributed by atoms with Crippen molar-refractivity contribution in [2.75, 3.05) is 7.05 Å². The molecule has 0 unspecified atom stereocenters. The Morgan fingerprint density at radius 1 is 1.86 bits per heavy atom. The van der Waals surface area contributed by atoms with Gasteiger partial charge in [0.15, 0.2) is 0 Å². The third-order valence-electron chi connectivity index (χ3n) is 0.630. The fourth-order valence-electron chi connectivity index (χ4n) is 0.0634. The number of hydrazine groups is 1. The number of nitrogens with zero attached hydrogens (tertiary/aromatic N) is 1. The summed E-state index contributed by atoms with van der Waals surface area (Å²) in [5.74, 6) is 0.384. The zero-order valence-corrected chi connectivity index (χ0v) is 5.08. The first kappa shape index (κ1) is 6.72. The third kappa shape index (κ3) is 2.42. The van der Waals surface area contributed by atoms with Crippen molar-refractivity contribution in [3.8, 4) is 0 Å². The van der Waals surface area contributed by atoms with Crippen molar-refractivity contribution in [2.45, 2.75) is 6.92 Å². The number of hydrogen-bond acceptors (Lipinski definition) is 2. The van der Waals surface area contributed by atoms with E-state index in [-0.39, 0.29) is 0 Å². The fraction of sp³-hybridized carbons (Fsp3) is 0.667. The number of hydrogen-bond donors (Lipinski definition) is 2. The van der Waals surface area contributed by atoms with E-state index in [9.17, 15) is 0 Å². The molecule has 0 fully saturated rings. The van der Waals surface area contributed by atoms with Gasteiger partial charge in [0.2, 0.25) is 0 Å². The molecule has 7 heavy (non-hydrogen) atoms. The van der Waals surface area contributed by atoms with E-state index in [1.807, 2.05) is 0 Å². The van der Waals surface area contributed by atoms with E-state index in [0.29, 0.717) is 5.84 Å². The Morgan fingerprint density at radius 3 is 2.29 bits per heavy atom. The smallest absolute Gasteiger partial charge is 0.108 e. The predicted octanol–water partition coefficient (Wildman–Crippen LogP) is 0.574. The monoisotopic (exact) mass is 121 g/mol. The van der Waals surface area contributed by atoms with Gasteiger partial charge < -0.3 is 0 Å².